The van der Waals surface area contributed by atoms with E-state index in [1.54, 1.807) is 11.3 Å². The highest BCUT2D eigenvalue weighted by molar-refractivity contribution is 7.07. The molecule has 0 saturated carbocycles. The molecule has 0 spiro atoms. The van der Waals surface area contributed by atoms with Gasteiger partial charge in [0, 0.05) is 36.9 Å². The minimum Gasteiger partial charge on any atom is -0.329 e. The molecule has 21 heavy (non-hydrogen) atoms. The average molecular weight is 297 g/mol. The van der Waals surface area contributed by atoms with E-state index in [4.69, 9.17) is 5.73 Å². The molecule has 0 aliphatic carbocycles. The van der Waals surface area contributed by atoms with Crippen molar-refractivity contribution in [2.75, 3.05) is 13.6 Å². The third-order valence-electron chi connectivity index (χ3n) is 3.83. The first-order valence-corrected chi connectivity index (χ1v) is 7.98. The van der Waals surface area contributed by atoms with Gasteiger partial charge in [0.25, 0.3) is 0 Å². The van der Waals surface area contributed by atoms with Gasteiger partial charge in [-0.05, 0) is 40.4 Å². The molecule has 3 nitrogen and oxygen atoms in total. The summed E-state index contributed by atoms with van der Waals surface area (Å²) < 4.78 is 0. The number of thiophene rings is 1. The van der Waals surface area contributed by atoms with Gasteiger partial charge in [-0.3, -0.25) is 9.88 Å². The number of hydrogen-bond acceptors (Lipinski definition) is 4. The Morgan fingerprint density at radius 3 is 2.86 bits per heavy atom. The summed E-state index contributed by atoms with van der Waals surface area (Å²) >= 11 is 1.73. The standard InChI is InChI=1S/C17H19N3S/c1-20(11-13-6-7-21-12-13)17(8-18)16-10-19-9-14-4-2-3-5-15(14)16/h2-7,9-10,12,17H,8,11,18H2,1H3. The normalized spacial score (nSPS) is 12.9. The summed E-state index contributed by atoms with van der Waals surface area (Å²) in [6.45, 7) is 1.48. The molecule has 1 aromatic carbocycles. The summed E-state index contributed by atoms with van der Waals surface area (Å²) in [5.41, 5.74) is 8.59. The van der Waals surface area contributed by atoms with Crippen LogP contribution in [0.5, 0.6) is 0 Å². The number of benzene rings is 1. The van der Waals surface area contributed by atoms with Crippen LogP contribution in [0.4, 0.5) is 0 Å². The van der Waals surface area contributed by atoms with Crippen molar-refractivity contribution < 1.29 is 0 Å². The van der Waals surface area contributed by atoms with E-state index in [9.17, 15) is 0 Å². The van der Waals surface area contributed by atoms with Crippen LogP contribution in [0, 0.1) is 0 Å². The Balaban J connectivity index is 1.94. The van der Waals surface area contributed by atoms with E-state index in [2.05, 4.69) is 52.0 Å². The van der Waals surface area contributed by atoms with E-state index >= 15 is 0 Å². The fraction of sp³-hybridized carbons (Fsp3) is 0.235. The highest BCUT2D eigenvalue weighted by Gasteiger charge is 2.18. The third kappa shape index (κ3) is 2.97. The SMILES string of the molecule is CN(Cc1ccsc1)C(CN)c1cncc2ccccc12. The largest absolute Gasteiger partial charge is 0.329 e. The van der Waals surface area contributed by atoms with Crippen LogP contribution in [0.1, 0.15) is 17.2 Å². The van der Waals surface area contributed by atoms with Crippen LogP contribution in [0.15, 0.2) is 53.5 Å². The number of nitrogens with two attached hydrogens (primary N) is 1. The molecule has 3 aromatic rings. The molecule has 2 heterocycles. The van der Waals surface area contributed by atoms with Crippen molar-refractivity contribution in [2.45, 2.75) is 12.6 Å². The van der Waals surface area contributed by atoms with Gasteiger partial charge >= 0.3 is 0 Å². The average Bonchev–Trinajstić information content (AvgIpc) is 3.01. The number of nitrogens with zero attached hydrogens (tertiary/aromatic N) is 2. The van der Waals surface area contributed by atoms with Crippen molar-refractivity contribution in [1.29, 1.82) is 0 Å². The summed E-state index contributed by atoms with van der Waals surface area (Å²) in [6.07, 6.45) is 3.86. The Bertz CT molecular complexity index is 704. The molecule has 1 atom stereocenters. The lowest BCUT2D eigenvalue weighted by Crippen LogP contribution is -2.30. The molecule has 108 valence electrons. The first kappa shape index (κ1) is 14.2. The first-order valence-electron chi connectivity index (χ1n) is 7.03. The molecule has 0 aliphatic heterocycles. The van der Waals surface area contributed by atoms with Crippen LogP contribution in [-0.2, 0) is 6.54 Å². The number of aromatic nitrogens is 1. The Morgan fingerprint density at radius 2 is 2.10 bits per heavy atom. The van der Waals surface area contributed by atoms with E-state index in [0.717, 1.165) is 11.9 Å². The molecule has 0 fully saturated rings. The summed E-state index contributed by atoms with van der Waals surface area (Å²) in [7, 11) is 2.12. The van der Waals surface area contributed by atoms with Crippen molar-refractivity contribution >= 4 is 22.1 Å². The zero-order valence-corrected chi connectivity index (χ0v) is 12.9. The fourth-order valence-corrected chi connectivity index (χ4v) is 3.39. The lowest BCUT2D eigenvalue weighted by molar-refractivity contribution is 0.243. The number of rotatable bonds is 5. The Morgan fingerprint density at radius 1 is 1.24 bits per heavy atom. The number of likely N-dealkylation sites (N-methyl/N-ethyl adjacent to an activating group) is 1. The maximum Gasteiger partial charge on any atom is 0.0492 e. The quantitative estimate of drug-likeness (QED) is 0.784. The monoisotopic (exact) mass is 297 g/mol. The van der Waals surface area contributed by atoms with Gasteiger partial charge in [0.1, 0.15) is 0 Å². The molecule has 1 unspecified atom stereocenters. The topological polar surface area (TPSA) is 42.1 Å². The second-order valence-electron chi connectivity index (χ2n) is 5.25. The van der Waals surface area contributed by atoms with E-state index in [0.29, 0.717) is 6.54 Å². The van der Waals surface area contributed by atoms with Crippen LogP contribution in [0.25, 0.3) is 10.8 Å². The summed E-state index contributed by atoms with van der Waals surface area (Å²) in [5, 5.41) is 6.70. The van der Waals surface area contributed by atoms with Crippen molar-refractivity contribution in [3.63, 3.8) is 0 Å². The summed E-state index contributed by atoms with van der Waals surface area (Å²) in [6, 6.07) is 10.7. The highest BCUT2D eigenvalue weighted by Crippen LogP contribution is 2.27. The third-order valence-corrected chi connectivity index (χ3v) is 4.56. The lowest BCUT2D eigenvalue weighted by Gasteiger charge is -2.27. The maximum atomic E-state index is 6.06. The lowest BCUT2D eigenvalue weighted by atomic mass is 10.0. The van der Waals surface area contributed by atoms with Crippen LogP contribution in [0.3, 0.4) is 0 Å². The van der Waals surface area contributed by atoms with Gasteiger partial charge in [-0.15, -0.1) is 0 Å². The highest BCUT2D eigenvalue weighted by atomic mass is 32.1. The molecule has 0 saturated heterocycles. The van der Waals surface area contributed by atoms with Gasteiger partial charge in [0.05, 0.1) is 0 Å². The minimum absolute atomic E-state index is 0.170. The summed E-state index contributed by atoms with van der Waals surface area (Å²) in [5.74, 6) is 0. The molecule has 0 amide bonds. The van der Waals surface area contributed by atoms with Gasteiger partial charge in [-0.25, -0.2) is 0 Å². The fourth-order valence-electron chi connectivity index (χ4n) is 2.73. The first-order chi connectivity index (χ1) is 10.3. The Labute approximate surface area is 129 Å². The van der Waals surface area contributed by atoms with Crippen LogP contribution >= 0.6 is 11.3 Å². The van der Waals surface area contributed by atoms with E-state index < -0.39 is 0 Å². The van der Waals surface area contributed by atoms with Crippen molar-refractivity contribution in [3.05, 3.63) is 64.6 Å². The molecular weight excluding hydrogens is 278 g/mol. The number of pyridine rings is 1. The zero-order valence-electron chi connectivity index (χ0n) is 12.1. The molecule has 2 N–H and O–H groups in total. The van der Waals surface area contributed by atoms with Crippen LogP contribution < -0.4 is 5.73 Å². The molecular formula is C17H19N3S. The van der Waals surface area contributed by atoms with Gasteiger partial charge in [0.15, 0.2) is 0 Å². The van der Waals surface area contributed by atoms with Gasteiger partial charge < -0.3 is 5.73 Å². The number of hydrogen-bond donors (Lipinski definition) is 1. The second-order valence-corrected chi connectivity index (χ2v) is 6.03. The molecule has 3 rings (SSSR count). The van der Waals surface area contributed by atoms with Crippen molar-refractivity contribution in [1.82, 2.24) is 9.88 Å². The van der Waals surface area contributed by atoms with Crippen LogP contribution in [-0.4, -0.2) is 23.5 Å². The molecule has 0 aliphatic rings. The predicted octanol–water partition coefficient (Wildman–Crippen LogP) is 3.43. The van der Waals surface area contributed by atoms with Gasteiger partial charge in [0.2, 0.25) is 0 Å². The molecule has 0 bridgehead atoms. The van der Waals surface area contributed by atoms with Gasteiger partial charge in [-0.1, -0.05) is 24.3 Å². The Kier molecular flexibility index (Phi) is 4.29. The van der Waals surface area contributed by atoms with Crippen molar-refractivity contribution in [2.24, 2.45) is 5.73 Å². The zero-order chi connectivity index (χ0) is 14.7. The predicted molar refractivity (Wildman–Crippen MR) is 89.3 cm³/mol. The van der Waals surface area contributed by atoms with E-state index in [1.807, 2.05) is 18.5 Å². The van der Waals surface area contributed by atoms with E-state index in [1.165, 1.54) is 16.5 Å². The van der Waals surface area contributed by atoms with Crippen LogP contribution in [0.2, 0.25) is 0 Å². The van der Waals surface area contributed by atoms with E-state index in [-0.39, 0.29) is 6.04 Å². The molecule has 2 aromatic heterocycles. The smallest absolute Gasteiger partial charge is 0.0492 e. The second kappa shape index (κ2) is 6.35. The van der Waals surface area contributed by atoms with Crippen molar-refractivity contribution in [3.8, 4) is 0 Å². The summed E-state index contributed by atoms with van der Waals surface area (Å²) in [4.78, 5) is 6.68. The number of fused-ring (bicyclic) bond motifs is 1. The Hall–Kier alpha value is -1.75. The maximum absolute atomic E-state index is 6.06. The minimum atomic E-state index is 0.170. The molecule has 0 radical (unpaired) electrons. The molecule has 4 heteroatoms. The van der Waals surface area contributed by atoms with Gasteiger partial charge in [-0.2, -0.15) is 11.3 Å².